The third-order valence-corrected chi connectivity index (χ3v) is 4.36. The molecule has 0 aliphatic rings. The number of benzene rings is 1. The molecule has 9 heteroatoms. The molecule has 0 radical (unpaired) electrons. The van der Waals surface area contributed by atoms with Gasteiger partial charge in [0.2, 0.25) is 0 Å². The lowest BCUT2D eigenvalue weighted by Crippen LogP contribution is -2.16. The van der Waals surface area contributed by atoms with E-state index in [1.807, 2.05) is 38.1 Å². The number of nitrogens with zero attached hydrogens (tertiary/aromatic N) is 5. The predicted octanol–water partition coefficient (Wildman–Crippen LogP) is 4.37. The van der Waals surface area contributed by atoms with Crippen LogP contribution in [-0.4, -0.2) is 31.4 Å². The normalized spacial score (nSPS) is 11.8. The molecule has 0 aliphatic carbocycles. The van der Waals surface area contributed by atoms with Crippen molar-refractivity contribution >= 4 is 5.65 Å². The molecule has 0 N–H and O–H groups in total. The Morgan fingerprint density at radius 2 is 1.61 bits per heavy atom. The van der Waals surface area contributed by atoms with Gasteiger partial charge in [-0.25, -0.2) is 0 Å². The molecule has 0 unspecified atom stereocenters. The van der Waals surface area contributed by atoms with Crippen LogP contribution in [0.2, 0.25) is 0 Å². The Bertz CT molecular complexity index is 1150. The van der Waals surface area contributed by atoms with Gasteiger partial charge in [0.1, 0.15) is 5.75 Å². The number of tetrazole rings is 1. The fraction of sp³-hybridized carbons (Fsp3) is 0.158. The number of rotatable bonds is 3. The molecule has 4 aromatic rings. The summed E-state index contributed by atoms with van der Waals surface area (Å²) in [5.74, 6) is -0.260. The molecule has 28 heavy (non-hydrogen) atoms. The van der Waals surface area contributed by atoms with Gasteiger partial charge >= 0.3 is 6.36 Å². The Morgan fingerprint density at radius 3 is 2.29 bits per heavy atom. The molecule has 3 heterocycles. The smallest absolute Gasteiger partial charge is 0.406 e. The molecule has 0 saturated carbocycles. The van der Waals surface area contributed by atoms with Crippen LogP contribution >= 0.6 is 0 Å². The first-order valence-electron chi connectivity index (χ1n) is 8.34. The number of hydrogen-bond donors (Lipinski definition) is 0. The zero-order valence-corrected chi connectivity index (χ0v) is 14.9. The molecule has 6 nitrogen and oxygen atoms in total. The van der Waals surface area contributed by atoms with E-state index in [0.717, 1.165) is 33.8 Å². The minimum absolute atomic E-state index is 0.260. The minimum atomic E-state index is -4.71. The van der Waals surface area contributed by atoms with Crippen molar-refractivity contribution in [3.63, 3.8) is 0 Å². The fourth-order valence-corrected chi connectivity index (χ4v) is 3.05. The highest BCUT2D eigenvalue weighted by molar-refractivity contribution is 5.71. The van der Waals surface area contributed by atoms with Gasteiger partial charge in [0, 0.05) is 16.8 Å². The van der Waals surface area contributed by atoms with Gasteiger partial charge in [-0.3, -0.25) is 4.98 Å². The molecule has 0 aliphatic heterocycles. The van der Waals surface area contributed by atoms with E-state index in [0.29, 0.717) is 5.65 Å². The largest absolute Gasteiger partial charge is 0.573 e. The number of aryl methyl sites for hydroxylation is 2. The van der Waals surface area contributed by atoms with E-state index in [1.165, 1.54) is 12.1 Å². The van der Waals surface area contributed by atoms with Crippen molar-refractivity contribution in [2.45, 2.75) is 20.2 Å². The van der Waals surface area contributed by atoms with E-state index >= 15 is 0 Å². The van der Waals surface area contributed by atoms with Gasteiger partial charge in [0.05, 0.1) is 11.4 Å². The molecule has 0 spiro atoms. The Morgan fingerprint density at radius 1 is 0.893 bits per heavy atom. The van der Waals surface area contributed by atoms with Crippen LogP contribution in [0.15, 0.2) is 48.5 Å². The van der Waals surface area contributed by atoms with Crippen molar-refractivity contribution in [1.82, 2.24) is 25.0 Å². The third kappa shape index (κ3) is 3.38. The van der Waals surface area contributed by atoms with E-state index in [2.05, 4.69) is 25.2 Å². The predicted molar refractivity (Wildman–Crippen MR) is 95.6 cm³/mol. The van der Waals surface area contributed by atoms with Crippen molar-refractivity contribution in [3.05, 3.63) is 59.9 Å². The highest BCUT2D eigenvalue weighted by Gasteiger charge is 2.31. The quantitative estimate of drug-likeness (QED) is 0.524. The van der Waals surface area contributed by atoms with Crippen LogP contribution in [0.4, 0.5) is 13.2 Å². The van der Waals surface area contributed by atoms with E-state index in [1.54, 1.807) is 16.6 Å². The maximum atomic E-state index is 12.3. The van der Waals surface area contributed by atoms with E-state index < -0.39 is 6.36 Å². The molecule has 0 fully saturated rings. The summed E-state index contributed by atoms with van der Waals surface area (Å²) in [5.41, 5.74) is 5.48. The summed E-state index contributed by atoms with van der Waals surface area (Å²) < 4.78 is 42.4. The minimum Gasteiger partial charge on any atom is -0.406 e. The number of hydrogen-bond acceptors (Lipinski definition) is 5. The molecular formula is C19H14F3N5O. The lowest BCUT2D eigenvalue weighted by Gasteiger charge is -2.12. The Balaban J connectivity index is 1.67. The summed E-state index contributed by atoms with van der Waals surface area (Å²) in [4.78, 5) is 4.66. The van der Waals surface area contributed by atoms with Crippen LogP contribution in [-0.2, 0) is 0 Å². The molecule has 4 rings (SSSR count). The highest BCUT2D eigenvalue weighted by Crippen LogP contribution is 2.30. The van der Waals surface area contributed by atoms with Gasteiger partial charge in [0.25, 0.3) is 0 Å². The average molecular weight is 385 g/mol. The molecule has 142 valence electrons. The molecule has 0 bridgehead atoms. The lowest BCUT2D eigenvalue weighted by molar-refractivity contribution is -0.274. The zero-order valence-electron chi connectivity index (χ0n) is 14.9. The molecule has 1 aromatic carbocycles. The van der Waals surface area contributed by atoms with Gasteiger partial charge in [-0.05, 0) is 60.2 Å². The molecular weight excluding hydrogens is 371 g/mol. The summed E-state index contributed by atoms with van der Waals surface area (Å²) in [6, 6.07) is 13.2. The number of alkyl halides is 3. The van der Waals surface area contributed by atoms with Crippen LogP contribution in [0.1, 0.15) is 11.4 Å². The first-order chi connectivity index (χ1) is 13.3. The number of pyridine rings is 2. The number of halogens is 3. The van der Waals surface area contributed by atoms with Crippen molar-refractivity contribution in [2.75, 3.05) is 0 Å². The fourth-order valence-electron chi connectivity index (χ4n) is 3.05. The Labute approximate surface area is 157 Å². The summed E-state index contributed by atoms with van der Waals surface area (Å²) >= 11 is 0. The van der Waals surface area contributed by atoms with Gasteiger partial charge in [-0.15, -0.1) is 18.3 Å². The SMILES string of the molecule is Cc1nc(-c2ccc3nnnn3c2C)ccc1-c1ccc(OC(F)(F)F)cc1. The van der Waals surface area contributed by atoms with Crippen LogP contribution < -0.4 is 4.74 Å². The van der Waals surface area contributed by atoms with Gasteiger partial charge < -0.3 is 4.74 Å². The number of aromatic nitrogens is 5. The topological polar surface area (TPSA) is 65.2 Å². The maximum absolute atomic E-state index is 12.3. The van der Waals surface area contributed by atoms with Crippen molar-refractivity contribution < 1.29 is 17.9 Å². The second kappa shape index (κ2) is 6.59. The highest BCUT2D eigenvalue weighted by atomic mass is 19.4. The molecule has 0 saturated heterocycles. The van der Waals surface area contributed by atoms with Gasteiger partial charge in [0.15, 0.2) is 5.65 Å². The average Bonchev–Trinajstić information content (AvgIpc) is 3.11. The Kier molecular flexibility index (Phi) is 4.21. The summed E-state index contributed by atoms with van der Waals surface area (Å²) in [7, 11) is 0. The van der Waals surface area contributed by atoms with Crippen molar-refractivity contribution in [1.29, 1.82) is 0 Å². The van der Waals surface area contributed by atoms with Crippen LogP contribution in [0.5, 0.6) is 5.75 Å². The zero-order chi connectivity index (χ0) is 19.9. The second-order valence-corrected chi connectivity index (χ2v) is 6.18. The van der Waals surface area contributed by atoms with Crippen molar-refractivity contribution in [2.24, 2.45) is 0 Å². The maximum Gasteiger partial charge on any atom is 0.573 e. The first kappa shape index (κ1) is 17.9. The number of ether oxygens (including phenoxy) is 1. The van der Waals surface area contributed by atoms with Crippen molar-refractivity contribution in [3.8, 4) is 28.1 Å². The van der Waals surface area contributed by atoms with Gasteiger partial charge in [-0.1, -0.05) is 18.2 Å². The summed E-state index contributed by atoms with van der Waals surface area (Å²) in [6.45, 7) is 3.76. The third-order valence-electron chi connectivity index (χ3n) is 4.36. The van der Waals surface area contributed by atoms with Crippen LogP contribution in [0.25, 0.3) is 28.0 Å². The monoisotopic (exact) mass is 385 g/mol. The van der Waals surface area contributed by atoms with Crippen LogP contribution in [0, 0.1) is 13.8 Å². The lowest BCUT2D eigenvalue weighted by atomic mass is 10.0. The molecule has 0 amide bonds. The summed E-state index contributed by atoms with van der Waals surface area (Å²) in [6.07, 6.45) is -4.71. The standard InChI is InChI=1S/C19H14F3N5O/c1-11-15(13-3-5-14(6-4-13)28-19(20,21)22)7-9-17(23-11)16-8-10-18-24-25-26-27(18)12(16)2/h3-10H,1-2H3. The summed E-state index contributed by atoms with van der Waals surface area (Å²) in [5, 5.41) is 11.5. The number of fused-ring (bicyclic) bond motifs is 1. The Hall–Kier alpha value is -3.49. The second-order valence-electron chi connectivity index (χ2n) is 6.18. The molecule has 3 aromatic heterocycles. The van der Waals surface area contributed by atoms with E-state index in [9.17, 15) is 13.2 Å². The van der Waals surface area contributed by atoms with Crippen LogP contribution in [0.3, 0.4) is 0 Å². The van der Waals surface area contributed by atoms with E-state index in [-0.39, 0.29) is 5.75 Å². The first-order valence-corrected chi connectivity index (χ1v) is 8.34. The van der Waals surface area contributed by atoms with Gasteiger partial charge in [-0.2, -0.15) is 4.52 Å². The van der Waals surface area contributed by atoms with E-state index in [4.69, 9.17) is 0 Å². The molecule has 0 atom stereocenters.